The summed E-state index contributed by atoms with van der Waals surface area (Å²) >= 11 is 0. The minimum absolute atomic E-state index is 0.243. The summed E-state index contributed by atoms with van der Waals surface area (Å²) in [6.07, 6.45) is 2.08. The van der Waals surface area contributed by atoms with E-state index in [1.807, 2.05) is 31.2 Å². The summed E-state index contributed by atoms with van der Waals surface area (Å²) in [5, 5.41) is 7.91. The van der Waals surface area contributed by atoms with E-state index in [1.165, 1.54) is 18.6 Å². The van der Waals surface area contributed by atoms with Gasteiger partial charge in [0, 0.05) is 5.56 Å². The molecular formula is C16H14N2O4. The molecule has 6 heteroatoms. The lowest BCUT2D eigenvalue weighted by molar-refractivity contribution is 0.0279. The van der Waals surface area contributed by atoms with Gasteiger partial charge in [0.15, 0.2) is 6.10 Å². The van der Waals surface area contributed by atoms with Crippen molar-refractivity contribution in [2.75, 3.05) is 0 Å². The van der Waals surface area contributed by atoms with E-state index in [2.05, 4.69) is 10.2 Å². The van der Waals surface area contributed by atoms with Crippen LogP contribution in [-0.2, 0) is 4.74 Å². The average Bonchev–Trinajstić information content (AvgIpc) is 3.20. The van der Waals surface area contributed by atoms with Crippen molar-refractivity contribution in [3.63, 3.8) is 0 Å². The number of esters is 1. The van der Waals surface area contributed by atoms with Crippen LogP contribution in [0.1, 0.15) is 34.8 Å². The zero-order valence-corrected chi connectivity index (χ0v) is 12.1. The number of aromatic nitrogens is 2. The van der Waals surface area contributed by atoms with E-state index in [0.29, 0.717) is 11.5 Å². The van der Waals surface area contributed by atoms with Gasteiger partial charge in [-0.3, -0.25) is 0 Å². The zero-order chi connectivity index (χ0) is 15.5. The fourth-order valence-electron chi connectivity index (χ4n) is 1.87. The summed E-state index contributed by atoms with van der Waals surface area (Å²) in [5.74, 6) is 0.130. The van der Waals surface area contributed by atoms with Gasteiger partial charge in [-0.1, -0.05) is 17.7 Å². The maximum atomic E-state index is 11.8. The van der Waals surface area contributed by atoms with E-state index in [0.717, 1.165) is 11.1 Å². The average molecular weight is 298 g/mol. The van der Waals surface area contributed by atoms with Crippen LogP contribution in [-0.4, -0.2) is 16.2 Å². The Bertz CT molecular complexity index is 760. The molecule has 1 aromatic carbocycles. The van der Waals surface area contributed by atoms with Crippen LogP contribution in [0.15, 0.2) is 51.7 Å². The Hall–Kier alpha value is -2.89. The first-order chi connectivity index (χ1) is 10.6. The van der Waals surface area contributed by atoms with Gasteiger partial charge in [0.2, 0.25) is 5.89 Å². The lowest BCUT2D eigenvalue weighted by atomic mass is 10.1. The second-order valence-electron chi connectivity index (χ2n) is 4.87. The number of furan rings is 1. The van der Waals surface area contributed by atoms with Gasteiger partial charge in [-0.15, -0.1) is 10.2 Å². The second-order valence-corrected chi connectivity index (χ2v) is 4.87. The van der Waals surface area contributed by atoms with Crippen LogP contribution in [0.2, 0.25) is 0 Å². The van der Waals surface area contributed by atoms with Gasteiger partial charge in [-0.25, -0.2) is 4.79 Å². The lowest BCUT2D eigenvalue weighted by Gasteiger charge is -2.07. The molecule has 0 aliphatic heterocycles. The molecule has 3 aromatic rings. The lowest BCUT2D eigenvalue weighted by Crippen LogP contribution is -2.08. The fraction of sp³-hybridized carbons (Fsp3) is 0.188. The quantitative estimate of drug-likeness (QED) is 0.685. The topological polar surface area (TPSA) is 78.4 Å². The smallest absolute Gasteiger partial charge is 0.342 e. The number of nitrogens with zero attached hydrogens (tertiary/aromatic N) is 2. The molecule has 0 amide bonds. The van der Waals surface area contributed by atoms with Crippen molar-refractivity contribution >= 4 is 5.97 Å². The molecule has 2 aromatic heterocycles. The number of carbonyl (C=O) groups excluding carboxylic acids is 1. The van der Waals surface area contributed by atoms with Crippen LogP contribution < -0.4 is 0 Å². The van der Waals surface area contributed by atoms with E-state index in [4.69, 9.17) is 13.6 Å². The molecule has 0 fully saturated rings. The summed E-state index contributed by atoms with van der Waals surface area (Å²) in [6, 6.07) is 9.24. The Kier molecular flexibility index (Phi) is 3.74. The molecule has 3 rings (SSSR count). The summed E-state index contributed by atoms with van der Waals surface area (Å²) in [6.45, 7) is 3.67. The van der Waals surface area contributed by atoms with Gasteiger partial charge >= 0.3 is 5.97 Å². The molecule has 0 N–H and O–H groups in total. The predicted octanol–water partition coefficient (Wildman–Crippen LogP) is 3.56. The monoisotopic (exact) mass is 298 g/mol. The number of ether oxygens (including phenoxy) is 1. The Morgan fingerprint density at radius 1 is 1.18 bits per heavy atom. The molecule has 1 unspecified atom stereocenters. The van der Waals surface area contributed by atoms with E-state index in [-0.39, 0.29) is 5.89 Å². The van der Waals surface area contributed by atoms with E-state index >= 15 is 0 Å². The highest BCUT2D eigenvalue weighted by Crippen LogP contribution is 2.23. The third-order valence-electron chi connectivity index (χ3n) is 3.13. The van der Waals surface area contributed by atoms with Crippen LogP contribution >= 0.6 is 0 Å². The molecule has 0 aliphatic carbocycles. The Morgan fingerprint density at radius 2 is 1.95 bits per heavy atom. The highest BCUT2D eigenvalue weighted by molar-refractivity contribution is 5.88. The molecule has 0 bridgehead atoms. The molecule has 6 nitrogen and oxygen atoms in total. The number of carbonyl (C=O) groups is 1. The fourth-order valence-corrected chi connectivity index (χ4v) is 1.87. The standard InChI is InChI=1S/C16H14N2O4/c1-10-3-5-12(6-4-10)15-18-17-14(22-15)11(2)21-16(19)13-7-8-20-9-13/h3-9,11H,1-2H3. The summed E-state index contributed by atoms with van der Waals surface area (Å²) in [5.41, 5.74) is 2.30. The van der Waals surface area contributed by atoms with Gasteiger partial charge in [-0.2, -0.15) is 0 Å². The molecule has 0 saturated heterocycles. The number of hydrogen-bond donors (Lipinski definition) is 0. The van der Waals surface area contributed by atoms with E-state index in [1.54, 1.807) is 6.92 Å². The summed E-state index contributed by atoms with van der Waals surface area (Å²) < 4.78 is 15.7. The van der Waals surface area contributed by atoms with Crippen molar-refractivity contribution in [1.82, 2.24) is 10.2 Å². The first-order valence-corrected chi connectivity index (χ1v) is 6.77. The molecule has 0 aliphatic rings. The Labute approximate surface area is 126 Å². The maximum Gasteiger partial charge on any atom is 0.342 e. The van der Waals surface area contributed by atoms with Crippen LogP contribution in [0.3, 0.4) is 0 Å². The van der Waals surface area contributed by atoms with Gasteiger partial charge in [0.25, 0.3) is 5.89 Å². The molecule has 0 spiro atoms. The van der Waals surface area contributed by atoms with Crippen molar-refractivity contribution in [1.29, 1.82) is 0 Å². The molecule has 0 saturated carbocycles. The SMILES string of the molecule is Cc1ccc(-c2nnc(C(C)OC(=O)c3ccoc3)o2)cc1. The van der Waals surface area contributed by atoms with Crippen LogP contribution in [0, 0.1) is 6.92 Å². The summed E-state index contributed by atoms with van der Waals surface area (Å²) in [7, 11) is 0. The van der Waals surface area contributed by atoms with Crippen molar-refractivity contribution in [2.45, 2.75) is 20.0 Å². The largest absolute Gasteiger partial charge is 0.472 e. The third kappa shape index (κ3) is 2.90. The Morgan fingerprint density at radius 3 is 2.64 bits per heavy atom. The predicted molar refractivity (Wildman–Crippen MR) is 77.0 cm³/mol. The van der Waals surface area contributed by atoms with Crippen molar-refractivity contribution < 1.29 is 18.4 Å². The molecule has 22 heavy (non-hydrogen) atoms. The minimum atomic E-state index is -0.644. The van der Waals surface area contributed by atoms with Crippen molar-refractivity contribution in [3.05, 3.63) is 59.9 Å². The van der Waals surface area contributed by atoms with Gasteiger partial charge < -0.3 is 13.6 Å². The van der Waals surface area contributed by atoms with Crippen LogP contribution in [0.4, 0.5) is 0 Å². The van der Waals surface area contributed by atoms with E-state index < -0.39 is 12.1 Å². The highest BCUT2D eigenvalue weighted by Gasteiger charge is 2.20. The number of benzene rings is 1. The third-order valence-corrected chi connectivity index (χ3v) is 3.13. The van der Waals surface area contributed by atoms with Crippen molar-refractivity contribution in [3.8, 4) is 11.5 Å². The second kappa shape index (κ2) is 5.85. The van der Waals surface area contributed by atoms with E-state index in [9.17, 15) is 4.79 Å². The molecule has 1 atom stereocenters. The first kappa shape index (κ1) is 14.1. The van der Waals surface area contributed by atoms with Gasteiger partial charge in [-0.05, 0) is 32.0 Å². The van der Waals surface area contributed by atoms with Gasteiger partial charge in [0.05, 0.1) is 11.8 Å². The molecule has 0 radical (unpaired) electrons. The maximum absolute atomic E-state index is 11.8. The number of rotatable bonds is 4. The molecule has 112 valence electrons. The summed E-state index contributed by atoms with van der Waals surface area (Å²) in [4.78, 5) is 11.8. The molecule has 2 heterocycles. The number of aryl methyl sites for hydroxylation is 1. The van der Waals surface area contributed by atoms with Crippen LogP contribution in [0.25, 0.3) is 11.5 Å². The number of hydrogen-bond acceptors (Lipinski definition) is 6. The van der Waals surface area contributed by atoms with Crippen molar-refractivity contribution in [2.24, 2.45) is 0 Å². The zero-order valence-electron chi connectivity index (χ0n) is 12.1. The van der Waals surface area contributed by atoms with Gasteiger partial charge in [0.1, 0.15) is 6.26 Å². The van der Waals surface area contributed by atoms with Crippen LogP contribution in [0.5, 0.6) is 0 Å². The minimum Gasteiger partial charge on any atom is -0.472 e. The normalized spacial score (nSPS) is 12.1. The highest BCUT2D eigenvalue weighted by atomic mass is 16.6. The Balaban J connectivity index is 1.73. The molecular weight excluding hydrogens is 284 g/mol. The first-order valence-electron chi connectivity index (χ1n) is 6.77.